The molecule has 2 heterocycles. The number of aryl methyl sites for hydroxylation is 2. The largest absolute Gasteiger partial charge is 0.394 e. The van der Waals surface area contributed by atoms with E-state index < -0.39 is 11.4 Å². The van der Waals surface area contributed by atoms with Gasteiger partial charge in [0, 0.05) is 11.4 Å². The Kier molecular flexibility index (Phi) is 3.69. The Morgan fingerprint density at radius 1 is 1.35 bits per heavy atom. The van der Waals surface area contributed by atoms with Crippen molar-refractivity contribution in [2.75, 3.05) is 13.2 Å². The van der Waals surface area contributed by atoms with Gasteiger partial charge in [-0.3, -0.25) is 4.79 Å². The number of amides is 1. The SMILES string of the molecule is Cc1cc(C)n2nc(C(=O)NC(C)(CO)CO)nc2n1. The summed E-state index contributed by atoms with van der Waals surface area (Å²) in [5.41, 5.74) is 0.475. The predicted molar refractivity (Wildman–Crippen MR) is 70.3 cm³/mol. The number of carbonyl (C=O) groups is 1. The van der Waals surface area contributed by atoms with Crippen molar-refractivity contribution in [3.63, 3.8) is 0 Å². The van der Waals surface area contributed by atoms with Crippen LogP contribution in [0.3, 0.4) is 0 Å². The molecule has 2 aromatic heterocycles. The van der Waals surface area contributed by atoms with Crippen LogP contribution >= 0.6 is 0 Å². The summed E-state index contributed by atoms with van der Waals surface area (Å²) in [6.07, 6.45) is 0. The van der Waals surface area contributed by atoms with Gasteiger partial charge in [0.25, 0.3) is 11.7 Å². The van der Waals surface area contributed by atoms with Gasteiger partial charge in [-0.15, -0.1) is 5.10 Å². The zero-order valence-corrected chi connectivity index (χ0v) is 11.6. The van der Waals surface area contributed by atoms with E-state index >= 15 is 0 Å². The highest BCUT2D eigenvalue weighted by molar-refractivity contribution is 5.91. The summed E-state index contributed by atoms with van der Waals surface area (Å²) in [4.78, 5) is 20.3. The molecule has 20 heavy (non-hydrogen) atoms. The van der Waals surface area contributed by atoms with Crippen molar-refractivity contribution in [1.29, 1.82) is 0 Å². The van der Waals surface area contributed by atoms with Gasteiger partial charge in [0.2, 0.25) is 5.82 Å². The molecule has 0 aromatic carbocycles. The molecule has 0 spiro atoms. The standard InChI is InChI=1S/C12H17N5O3/c1-7-4-8(2)17-11(13-7)14-9(16-17)10(20)15-12(3,5-18)6-19/h4,18-19H,5-6H2,1-3H3,(H,15,20). The van der Waals surface area contributed by atoms with Crippen LogP contribution in [0.1, 0.15) is 28.9 Å². The molecule has 1 amide bonds. The van der Waals surface area contributed by atoms with Gasteiger partial charge in [-0.1, -0.05) is 0 Å². The number of nitrogens with zero attached hydrogens (tertiary/aromatic N) is 4. The normalized spacial score (nSPS) is 11.8. The monoisotopic (exact) mass is 279 g/mol. The molecule has 2 aromatic rings. The van der Waals surface area contributed by atoms with Crippen molar-refractivity contribution in [3.8, 4) is 0 Å². The third-order valence-corrected chi connectivity index (χ3v) is 2.93. The highest BCUT2D eigenvalue weighted by atomic mass is 16.3. The lowest BCUT2D eigenvalue weighted by Crippen LogP contribution is -2.52. The number of fused-ring (bicyclic) bond motifs is 1. The van der Waals surface area contributed by atoms with E-state index in [9.17, 15) is 4.79 Å². The molecule has 0 unspecified atom stereocenters. The molecular weight excluding hydrogens is 262 g/mol. The molecule has 2 rings (SSSR count). The Morgan fingerprint density at radius 2 is 2.00 bits per heavy atom. The second-order valence-electron chi connectivity index (χ2n) is 5.02. The van der Waals surface area contributed by atoms with Gasteiger partial charge >= 0.3 is 0 Å². The van der Waals surface area contributed by atoms with Crippen LogP contribution in [0.5, 0.6) is 0 Å². The maximum Gasteiger partial charge on any atom is 0.291 e. The predicted octanol–water partition coefficient (Wildman–Crippen LogP) is -0.786. The van der Waals surface area contributed by atoms with E-state index in [2.05, 4.69) is 20.4 Å². The first-order valence-electron chi connectivity index (χ1n) is 6.14. The molecule has 0 saturated carbocycles. The van der Waals surface area contributed by atoms with E-state index in [-0.39, 0.29) is 19.0 Å². The molecule has 0 atom stereocenters. The van der Waals surface area contributed by atoms with E-state index in [1.807, 2.05) is 19.9 Å². The molecule has 0 aliphatic carbocycles. The van der Waals surface area contributed by atoms with Gasteiger partial charge < -0.3 is 15.5 Å². The summed E-state index contributed by atoms with van der Waals surface area (Å²) < 4.78 is 1.47. The van der Waals surface area contributed by atoms with Gasteiger partial charge in [0.15, 0.2) is 0 Å². The summed E-state index contributed by atoms with van der Waals surface area (Å²) >= 11 is 0. The van der Waals surface area contributed by atoms with Crippen LogP contribution in [0.2, 0.25) is 0 Å². The summed E-state index contributed by atoms with van der Waals surface area (Å²) in [5, 5.41) is 24.9. The Bertz CT molecular complexity index is 648. The fourth-order valence-corrected chi connectivity index (χ4v) is 1.72. The molecule has 108 valence electrons. The second-order valence-corrected chi connectivity index (χ2v) is 5.02. The Morgan fingerprint density at radius 3 is 2.60 bits per heavy atom. The number of rotatable bonds is 4. The number of carbonyl (C=O) groups excluding carboxylic acids is 1. The van der Waals surface area contributed by atoms with Gasteiger partial charge in [-0.25, -0.2) is 9.50 Å². The maximum absolute atomic E-state index is 12.0. The molecule has 8 nitrogen and oxygen atoms in total. The van der Waals surface area contributed by atoms with Crippen LogP contribution < -0.4 is 5.32 Å². The Hall–Kier alpha value is -2.06. The molecule has 8 heteroatoms. The van der Waals surface area contributed by atoms with Crippen molar-refractivity contribution in [2.24, 2.45) is 0 Å². The van der Waals surface area contributed by atoms with Crippen molar-refractivity contribution < 1.29 is 15.0 Å². The lowest BCUT2D eigenvalue weighted by Gasteiger charge is -2.25. The minimum atomic E-state index is -1.12. The van der Waals surface area contributed by atoms with Crippen molar-refractivity contribution in [1.82, 2.24) is 24.9 Å². The number of aliphatic hydroxyl groups excluding tert-OH is 2. The quantitative estimate of drug-likeness (QED) is 0.676. The van der Waals surface area contributed by atoms with Crippen LogP contribution in [0.4, 0.5) is 0 Å². The summed E-state index contributed by atoms with van der Waals surface area (Å²) in [6, 6.07) is 1.83. The molecule has 3 N–H and O–H groups in total. The number of nitrogens with one attached hydrogen (secondary N) is 1. The van der Waals surface area contributed by atoms with Crippen LogP contribution in [0.15, 0.2) is 6.07 Å². The summed E-state index contributed by atoms with van der Waals surface area (Å²) in [7, 11) is 0. The van der Waals surface area contributed by atoms with Gasteiger partial charge in [-0.05, 0) is 26.8 Å². The first-order chi connectivity index (χ1) is 9.38. The van der Waals surface area contributed by atoms with Crippen LogP contribution in [-0.2, 0) is 0 Å². The van der Waals surface area contributed by atoms with Crippen LogP contribution in [0, 0.1) is 13.8 Å². The van der Waals surface area contributed by atoms with Crippen LogP contribution in [-0.4, -0.2) is 54.5 Å². The minimum Gasteiger partial charge on any atom is -0.394 e. The summed E-state index contributed by atoms with van der Waals surface area (Å²) in [6.45, 7) is 4.41. The van der Waals surface area contributed by atoms with Crippen LogP contribution in [0.25, 0.3) is 5.78 Å². The van der Waals surface area contributed by atoms with E-state index in [4.69, 9.17) is 10.2 Å². The van der Waals surface area contributed by atoms with Gasteiger partial charge in [-0.2, -0.15) is 4.98 Å². The first-order valence-corrected chi connectivity index (χ1v) is 6.14. The van der Waals surface area contributed by atoms with E-state index in [1.54, 1.807) is 0 Å². The van der Waals surface area contributed by atoms with E-state index in [1.165, 1.54) is 11.4 Å². The molecule has 0 radical (unpaired) electrons. The minimum absolute atomic E-state index is 0.0562. The smallest absolute Gasteiger partial charge is 0.291 e. The number of hydrogen-bond acceptors (Lipinski definition) is 6. The third-order valence-electron chi connectivity index (χ3n) is 2.93. The fourth-order valence-electron chi connectivity index (χ4n) is 1.72. The zero-order chi connectivity index (χ0) is 14.9. The lowest BCUT2D eigenvalue weighted by molar-refractivity contribution is 0.0715. The van der Waals surface area contributed by atoms with E-state index in [0.717, 1.165) is 11.4 Å². The molecule has 0 fully saturated rings. The van der Waals surface area contributed by atoms with Gasteiger partial charge in [0.1, 0.15) is 0 Å². The second kappa shape index (κ2) is 5.14. The number of aliphatic hydroxyl groups is 2. The molecule has 0 bridgehead atoms. The average Bonchev–Trinajstić information content (AvgIpc) is 2.82. The number of aromatic nitrogens is 4. The third kappa shape index (κ3) is 2.61. The first kappa shape index (κ1) is 14.4. The Balaban J connectivity index is 2.34. The fraction of sp³-hybridized carbons (Fsp3) is 0.500. The molecular formula is C12H17N5O3. The van der Waals surface area contributed by atoms with Crippen molar-refractivity contribution >= 4 is 11.7 Å². The zero-order valence-electron chi connectivity index (χ0n) is 11.6. The number of hydrogen-bond donors (Lipinski definition) is 3. The lowest BCUT2D eigenvalue weighted by atomic mass is 10.1. The van der Waals surface area contributed by atoms with Gasteiger partial charge in [0.05, 0.1) is 18.8 Å². The van der Waals surface area contributed by atoms with E-state index in [0.29, 0.717) is 5.78 Å². The average molecular weight is 279 g/mol. The highest BCUT2D eigenvalue weighted by Gasteiger charge is 2.27. The Labute approximate surface area is 115 Å². The van der Waals surface area contributed by atoms with Crippen molar-refractivity contribution in [2.45, 2.75) is 26.3 Å². The molecule has 0 aliphatic heterocycles. The van der Waals surface area contributed by atoms with Crippen molar-refractivity contribution in [3.05, 3.63) is 23.3 Å². The topological polar surface area (TPSA) is 113 Å². The molecule has 0 aliphatic rings. The summed E-state index contributed by atoms with van der Waals surface area (Å²) in [5.74, 6) is -0.292. The highest BCUT2D eigenvalue weighted by Crippen LogP contribution is 2.07. The maximum atomic E-state index is 12.0. The molecule has 0 saturated heterocycles.